The molecule has 1 heterocycles. The number of hydrogen-bond acceptors (Lipinski definition) is 4. The van der Waals surface area contributed by atoms with Crippen LogP contribution in [0, 0.1) is 11.2 Å². The molecular formula is C24H26ClFN4O. The lowest BCUT2D eigenvalue weighted by atomic mass is 9.86. The van der Waals surface area contributed by atoms with Crippen LogP contribution in [-0.4, -0.2) is 23.8 Å². The monoisotopic (exact) mass is 440 g/mol. The molecule has 162 valence electrons. The van der Waals surface area contributed by atoms with Crippen LogP contribution < -0.4 is 11.1 Å². The third-order valence-electron chi connectivity index (χ3n) is 7.41. The van der Waals surface area contributed by atoms with E-state index >= 15 is 0 Å². The second-order valence-electron chi connectivity index (χ2n) is 9.91. The molecule has 0 aromatic heterocycles. The number of carbonyl (C=O) groups excluding carboxylic acids is 1. The molecule has 3 N–H and O–H groups in total. The van der Waals surface area contributed by atoms with Gasteiger partial charge in [0, 0.05) is 23.3 Å². The minimum absolute atomic E-state index is 0.0202. The van der Waals surface area contributed by atoms with Gasteiger partial charge in [-0.2, -0.15) is 0 Å². The molecule has 5 nitrogen and oxygen atoms in total. The van der Waals surface area contributed by atoms with Crippen LogP contribution in [0.4, 0.5) is 10.1 Å². The van der Waals surface area contributed by atoms with Crippen molar-refractivity contribution >= 4 is 29.2 Å². The van der Waals surface area contributed by atoms with Crippen LogP contribution in [0.2, 0.25) is 5.02 Å². The van der Waals surface area contributed by atoms with E-state index in [4.69, 9.17) is 17.3 Å². The third-order valence-corrected chi connectivity index (χ3v) is 7.65. The number of amides is 1. The van der Waals surface area contributed by atoms with Crippen molar-refractivity contribution in [2.45, 2.75) is 50.6 Å². The predicted molar refractivity (Wildman–Crippen MR) is 121 cm³/mol. The fourth-order valence-corrected chi connectivity index (χ4v) is 5.66. The molecule has 7 heteroatoms. The first-order valence-corrected chi connectivity index (χ1v) is 10.9. The molecule has 5 rings (SSSR count). The Morgan fingerprint density at radius 1 is 1.19 bits per heavy atom. The number of halogens is 2. The van der Waals surface area contributed by atoms with Gasteiger partial charge in [0.15, 0.2) is 5.96 Å². The van der Waals surface area contributed by atoms with Crippen molar-refractivity contribution in [3.8, 4) is 0 Å². The molecule has 31 heavy (non-hydrogen) atoms. The second kappa shape index (κ2) is 6.22. The highest BCUT2D eigenvalue weighted by atomic mass is 35.5. The van der Waals surface area contributed by atoms with E-state index in [1.165, 1.54) is 22.1 Å². The highest BCUT2D eigenvalue weighted by molar-refractivity contribution is 6.30. The second-order valence-corrected chi connectivity index (χ2v) is 10.4. The minimum Gasteiger partial charge on any atom is -0.378 e. The van der Waals surface area contributed by atoms with Crippen LogP contribution in [0.15, 0.2) is 41.4 Å². The molecule has 1 saturated carbocycles. The van der Waals surface area contributed by atoms with Crippen molar-refractivity contribution in [1.29, 1.82) is 0 Å². The van der Waals surface area contributed by atoms with Crippen LogP contribution in [0.25, 0.3) is 0 Å². The van der Waals surface area contributed by atoms with Crippen molar-refractivity contribution < 1.29 is 9.18 Å². The number of carbonyl (C=O) groups is 1. The number of nitrogens with two attached hydrogens (primary N) is 1. The third kappa shape index (κ3) is 2.73. The van der Waals surface area contributed by atoms with E-state index in [0.29, 0.717) is 12.0 Å². The summed E-state index contributed by atoms with van der Waals surface area (Å²) < 4.78 is 15.0. The Labute approximate surface area is 186 Å². The van der Waals surface area contributed by atoms with Crippen molar-refractivity contribution in [2.75, 3.05) is 12.4 Å². The molecule has 1 fully saturated rings. The molecule has 3 aliphatic rings. The molecule has 2 aromatic rings. The molecule has 1 aliphatic heterocycles. The first-order chi connectivity index (χ1) is 14.5. The lowest BCUT2D eigenvalue weighted by Gasteiger charge is -2.30. The minimum atomic E-state index is -0.942. The fourth-order valence-electron chi connectivity index (χ4n) is 5.49. The van der Waals surface area contributed by atoms with Gasteiger partial charge in [-0.25, -0.2) is 9.38 Å². The summed E-state index contributed by atoms with van der Waals surface area (Å²) in [5.41, 5.74) is 7.89. The van der Waals surface area contributed by atoms with Gasteiger partial charge >= 0.3 is 0 Å². The van der Waals surface area contributed by atoms with E-state index in [-0.39, 0.29) is 29.1 Å². The Bertz CT molecular complexity index is 1160. The summed E-state index contributed by atoms with van der Waals surface area (Å²) in [7, 11) is 1.61. The van der Waals surface area contributed by atoms with Gasteiger partial charge in [-0.3, -0.25) is 9.69 Å². The molecule has 0 spiro atoms. The smallest absolute Gasteiger partial charge is 0.237 e. The lowest BCUT2D eigenvalue weighted by Crippen LogP contribution is -2.48. The SMILES string of the molecule is CN1C(=O)C2(C)C[C@]2(c2cc(NC3CC(C)(C)c4cc(Cl)ccc43)ccc2F)N=C1N. The van der Waals surface area contributed by atoms with Crippen molar-refractivity contribution in [2.24, 2.45) is 16.1 Å². The molecule has 1 amide bonds. The number of fused-ring (bicyclic) bond motifs is 2. The zero-order valence-corrected chi connectivity index (χ0v) is 18.8. The summed E-state index contributed by atoms with van der Waals surface area (Å²) in [5.74, 6) is -0.371. The molecule has 0 saturated heterocycles. The number of aliphatic imine (C=N–C) groups is 1. The summed E-state index contributed by atoms with van der Waals surface area (Å²) in [6, 6.07) is 11.1. The Hall–Kier alpha value is -2.60. The van der Waals surface area contributed by atoms with E-state index < -0.39 is 11.0 Å². The van der Waals surface area contributed by atoms with Crippen LogP contribution >= 0.6 is 11.6 Å². The van der Waals surface area contributed by atoms with E-state index in [0.717, 1.165) is 17.1 Å². The number of nitrogens with one attached hydrogen (secondary N) is 1. The average Bonchev–Trinajstić information content (AvgIpc) is 3.25. The van der Waals surface area contributed by atoms with E-state index in [2.05, 4.69) is 30.2 Å². The standard InChI is InChI=1S/C24H26ClFN4O/c1-22(2)11-19(15-7-5-13(25)9-16(15)22)28-14-6-8-18(26)17(10-14)24-12-23(24,3)20(31)30(4)21(27)29-24/h5-10,19,28H,11-12H2,1-4H3,(H2,27,29)/t19?,23?,24-/m1/s1. The zero-order chi connectivity index (χ0) is 22.3. The molecule has 2 aromatic carbocycles. The normalized spacial score (nSPS) is 30.5. The summed E-state index contributed by atoms with van der Waals surface area (Å²) in [4.78, 5) is 18.7. The maximum Gasteiger partial charge on any atom is 0.237 e. The van der Waals surface area contributed by atoms with Gasteiger partial charge in [0.2, 0.25) is 5.91 Å². The highest BCUT2D eigenvalue weighted by Crippen LogP contribution is 2.68. The van der Waals surface area contributed by atoms with Crippen LogP contribution in [0.1, 0.15) is 56.3 Å². The van der Waals surface area contributed by atoms with Gasteiger partial charge in [-0.1, -0.05) is 31.5 Å². The summed E-state index contributed by atoms with van der Waals surface area (Å²) >= 11 is 6.23. The Balaban J connectivity index is 1.52. The zero-order valence-electron chi connectivity index (χ0n) is 18.1. The number of hydrogen-bond donors (Lipinski definition) is 2. The Kier molecular flexibility index (Phi) is 4.08. The summed E-state index contributed by atoms with van der Waals surface area (Å²) in [6.07, 6.45) is 1.34. The Morgan fingerprint density at radius 3 is 2.68 bits per heavy atom. The predicted octanol–water partition coefficient (Wildman–Crippen LogP) is 4.71. The van der Waals surface area contributed by atoms with Crippen molar-refractivity contribution in [3.05, 3.63) is 63.9 Å². The number of anilines is 1. The number of guanidine groups is 1. The quantitative estimate of drug-likeness (QED) is 0.726. The highest BCUT2D eigenvalue weighted by Gasteiger charge is 2.74. The van der Waals surface area contributed by atoms with E-state index in [9.17, 15) is 9.18 Å². The first kappa shape index (κ1) is 20.3. The first-order valence-electron chi connectivity index (χ1n) is 10.5. The number of nitrogens with zero attached hydrogens (tertiary/aromatic N) is 2. The van der Waals surface area contributed by atoms with Gasteiger partial charge in [-0.05, 0) is 66.6 Å². The fraction of sp³-hybridized carbons (Fsp3) is 0.417. The van der Waals surface area contributed by atoms with Crippen molar-refractivity contribution in [3.63, 3.8) is 0 Å². The van der Waals surface area contributed by atoms with E-state index in [1.54, 1.807) is 19.2 Å². The topological polar surface area (TPSA) is 70.7 Å². The largest absolute Gasteiger partial charge is 0.378 e. The molecule has 2 unspecified atom stereocenters. The van der Waals surface area contributed by atoms with Crippen LogP contribution in [-0.2, 0) is 15.7 Å². The van der Waals surface area contributed by atoms with Crippen LogP contribution in [0.3, 0.4) is 0 Å². The van der Waals surface area contributed by atoms with Gasteiger partial charge < -0.3 is 11.1 Å². The summed E-state index contributed by atoms with van der Waals surface area (Å²) in [6.45, 7) is 6.24. The number of rotatable bonds is 3. The van der Waals surface area contributed by atoms with Crippen molar-refractivity contribution in [1.82, 2.24) is 4.90 Å². The molecule has 2 aliphatic carbocycles. The van der Waals surface area contributed by atoms with Gasteiger partial charge in [0.05, 0.1) is 11.5 Å². The maximum absolute atomic E-state index is 15.0. The molecule has 0 bridgehead atoms. The molecule has 3 atom stereocenters. The van der Waals surface area contributed by atoms with Gasteiger partial charge in [0.1, 0.15) is 11.4 Å². The maximum atomic E-state index is 15.0. The lowest BCUT2D eigenvalue weighted by molar-refractivity contribution is -0.132. The van der Waals surface area contributed by atoms with Gasteiger partial charge in [-0.15, -0.1) is 0 Å². The molecule has 0 radical (unpaired) electrons. The van der Waals surface area contributed by atoms with E-state index in [1.807, 2.05) is 19.1 Å². The summed E-state index contributed by atoms with van der Waals surface area (Å²) in [5, 5.41) is 4.30. The van der Waals surface area contributed by atoms with Gasteiger partial charge in [0.25, 0.3) is 0 Å². The number of benzene rings is 2. The van der Waals surface area contributed by atoms with Crippen LogP contribution in [0.5, 0.6) is 0 Å². The molecular weight excluding hydrogens is 415 g/mol. The average molecular weight is 441 g/mol. The Morgan fingerprint density at radius 2 is 1.94 bits per heavy atom.